The smallest absolute Gasteiger partial charge is 0.135 e. The van der Waals surface area contributed by atoms with Gasteiger partial charge in [-0.15, -0.1) is 56.7 Å². The molecule has 0 fully saturated rings. The highest BCUT2D eigenvalue weighted by atomic mass is 32.1. The summed E-state index contributed by atoms with van der Waals surface area (Å²) in [6, 6.07) is 0. The van der Waals surface area contributed by atoms with Crippen LogP contribution in [0.1, 0.15) is 0 Å². The van der Waals surface area contributed by atoms with Crippen LogP contribution < -0.4 is 0 Å². The van der Waals surface area contributed by atoms with Crippen LogP contribution in [-0.4, -0.2) is 24.9 Å². The molecule has 0 radical (unpaired) electrons. The molecule has 0 spiro atoms. The van der Waals surface area contributed by atoms with Crippen molar-refractivity contribution in [1.29, 1.82) is 0 Å². The van der Waals surface area contributed by atoms with Gasteiger partial charge in [-0.2, -0.15) is 0 Å². The van der Waals surface area contributed by atoms with Crippen molar-refractivity contribution in [2.75, 3.05) is 0 Å². The first kappa shape index (κ1) is 15.4. The van der Waals surface area contributed by atoms with Gasteiger partial charge in [-0.25, -0.2) is 19.9 Å². The number of hydrogen-bond donors (Lipinski definition) is 0. The largest absolute Gasteiger partial charge is 0.252 e. The second-order valence-electron chi connectivity index (χ2n) is 4.79. The van der Waals surface area contributed by atoms with Gasteiger partial charge in [-0.05, 0) is 0 Å². The van der Waals surface area contributed by atoms with Gasteiger partial charge in [0.05, 0.1) is 25.0 Å². The van der Waals surface area contributed by atoms with E-state index in [0.717, 1.165) is 39.5 Å². The van der Waals surface area contributed by atoms with E-state index in [-0.39, 0.29) is 0 Å². The van der Waals surface area contributed by atoms with Gasteiger partial charge >= 0.3 is 0 Å². The molecule has 0 N–H and O–H groups in total. The van der Waals surface area contributed by atoms with Crippen molar-refractivity contribution in [2.24, 2.45) is 0 Å². The monoisotopic (exact) mass is 417 g/mol. The van der Waals surface area contributed by atoms with Crippen molar-refractivity contribution in [2.45, 2.75) is 0 Å². The minimum Gasteiger partial charge on any atom is -0.252 e. The maximum Gasteiger partial charge on any atom is 0.135 e. The van der Waals surface area contributed by atoms with Crippen LogP contribution in [0.3, 0.4) is 0 Å². The molecule has 0 aliphatic carbocycles. The lowest BCUT2D eigenvalue weighted by molar-refractivity contribution is 1.37. The summed E-state index contributed by atoms with van der Waals surface area (Å²) in [5.74, 6) is 0. The fraction of sp³-hybridized carbons (Fsp3) is 0. The molecule has 10 heteroatoms. The topological polar surface area (TPSA) is 64.5 Å². The van der Waals surface area contributed by atoms with Crippen molar-refractivity contribution in [3.05, 3.63) is 41.9 Å². The summed E-state index contributed by atoms with van der Waals surface area (Å²) >= 11 is 8.14. The highest BCUT2D eigenvalue weighted by Crippen LogP contribution is 2.40. The Morgan fingerprint density at radius 1 is 0.560 bits per heavy atom. The zero-order valence-electron chi connectivity index (χ0n) is 12.3. The van der Waals surface area contributed by atoms with Crippen LogP contribution in [0.25, 0.3) is 39.5 Å². The molecule has 0 bridgehead atoms. The van der Waals surface area contributed by atoms with Crippen LogP contribution in [0, 0.1) is 0 Å². The first-order chi connectivity index (χ1) is 12.4. The molecule has 25 heavy (non-hydrogen) atoms. The van der Waals surface area contributed by atoms with Crippen LogP contribution in [0.5, 0.6) is 0 Å². The highest BCUT2D eigenvalue weighted by molar-refractivity contribution is 7.28. The van der Waals surface area contributed by atoms with E-state index < -0.39 is 0 Å². The predicted molar refractivity (Wildman–Crippen MR) is 107 cm³/mol. The van der Waals surface area contributed by atoms with E-state index >= 15 is 0 Å². The average molecular weight is 418 g/mol. The first-order valence-electron chi connectivity index (χ1n) is 7.04. The Morgan fingerprint density at radius 2 is 1.16 bits per heavy atom. The van der Waals surface area contributed by atoms with Crippen molar-refractivity contribution in [1.82, 2.24) is 24.9 Å². The second kappa shape index (κ2) is 6.46. The van der Waals surface area contributed by atoms with E-state index in [0.29, 0.717) is 0 Å². The quantitative estimate of drug-likeness (QED) is 0.379. The predicted octanol–water partition coefficient (Wildman–Crippen LogP) is 5.64. The zero-order valence-corrected chi connectivity index (χ0v) is 16.4. The SMILES string of the molecule is c1csc(-c2cnc(-c3cnc(-c4cnc(-c5cncs5)s4)s3)s2)n1. The molecule has 0 atom stereocenters. The lowest BCUT2D eigenvalue weighted by atomic mass is 10.5. The molecule has 5 rings (SSSR count). The van der Waals surface area contributed by atoms with Crippen molar-refractivity contribution in [3.63, 3.8) is 0 Å². The van der Waals surface area contributed by atoms with Gasteiger partial charge in [0.15, 0.2) is 0 Å². The summed E-state index contributed by atoms with van der Waals surface area (Å²) in [4.78, 5) is 26.3. The minimum absolute atomic E-state index is 0.967. The van der Waals surface area contributed by atoms with E-state index in [2.05, 4.69) is 24.9 Å². The molecule has 5 aromatic rings. The normalized spacial score (nSPS) is 11.2. The third-order valence-electron chi connectivity index (χ3n) is 3.22. The van der Waals surface area contributed by atoms with E-state index in [4.69, 9.17) is 0 Å². The second-order valence-corrected chi connectivity index (χ2v) is 9.66. The standard InChI is InChI=1S/C15H7N5S5/c1-2-21-12(17-1)9-4-19-14(23-9)11-6-20-15(25-11)10-5-18-13(24-10)8-3-16-7-22-8/h1-7H. The van der Waals surface area contributed by atoms with Crippen molar-refractivity contribution >= 4 is 56.7 Å². The van der Waals surface area contributed by atoms with E-state index in [1.54, 1.807) is 56.7 Å². The maximum atomic E-state index is 4.56. The molecule has 0 amide bonds. The fourth-order valence-corrected chi connectivity index (χ4v) is 6.35. The van der Waals surface area contributed by atoms with Gasteiger partial charge in [-0.1, -0.05) is 0 Å². The minimum atomic E-state index is 0.967. The van der Waals surface area contributed by atoms with Gasteiger partial charge < -0.3 is 0 Å². The Balaban J connectivity index is 1.44. The Labute approximate surface area is 162 Å². The Morgan fingerprint density at radius 3 is 1.68 bits per heavy atom. The number of rotatable bonds is 4. The van der Waals surface area contributed by atoms with Crippen LogP contribution in [-0.2, 0) is 0 Å². The lowest BCUT2D eigenvalue weighted by Crippen LogP contribution is -1.65. The first-order valence-corrected chi connectivity index (χ1v) is 11.2. The average Bonchev–Trinajstić information content (AvgIpc) is 3.48. The van der Waals surface area contributed by atoms with E-state index in [1.165, 1.54) is 0 Å². The van der Waals surface area contributed by atoms with Gasteiger partial charge in [-0.3, -0.25) is 4.98 Å². The molecular formula is C15H7N5S5. The molecule has 0 aromatic carbocycles. The van der Waals surface area contributed by atoms with Gasteiger partial charge in [0.1, 0.15) is 20.0 Å². The highest BCUT2D eigenvalue weighted by Gasteiger charge is 2.14. The molecule has 5 aromatic heterocycles. The Bertz CT molecular complexity index is 1020. The third kappa shape index (κ3) is 2.96. The summed E-state index contributed by atoms with van der Waals surface area (Å²) in [6.45, 7) is 0. The third-order valence-corrected chi connectivity index (χ3v) is 8.44. The summed E-state index contributed by atoms with van der Waals surface area (Å²) in [7, 11) is 0. The summed E-state index contributed by atoms with van der Waals surface area (Å²) in [5, 5.41) is 5.90. The molecule has 0 aliphatic heterocycles. The van der Waals surface area contributed by atoms with E-state index in [9.17, 15) is 0 Å². The summed E-state index contributed by atoms with van der Waals surface area (Å²) in [5.41, 5.74) is 1.82. The molecule has 0 unspecified atom stereocenters. The number of nitrogens with zero attached hydrogens (tertiary/aromatic N) is 5. The maximum absolute atomic E-state index is 4.56. The van der Waals surface area contributed by atoms with E-state index in [1.807, 2.05) is 41.9 Å². The number of hydrogen-bond acceptors (Lipinski definition) is 10. The fourth-order valence-electron chi connectivity index (χ4n) is 2.13. The Kier molecular flexibility index (Phi) is 3.98. The lowest BCUT2D eigenvalue weighted by Gasteiger charge is -1.88. The molecule has 5 heterocycles. The van der Waals surface area contributed by atoms with Crippen LogP contribution >= 0.6 is 56.7 Å². The van der Waals surface area contributed by atoms with Crippen molar-refractivity contribution < 1.29 is 0 Å². The Hall–Kier alpha value is -1.85. The molecular weight excluding hydrogens is 411 g/mol. The summed E-state index contributed by atoms with van der Waals surface area (Å²) < 4.78 is 0. The van der Waals surface area contributed by atoms with Gasteiger partial charge in [0.25, 0.3) is 0 Å². The zero-order chi connectivity index (χ0) is 16.6. The van der Waals surface area contributed by atoms with Gasteiger partial charge in [0.2, 0.25) is 0 Å². The van der Waals surface area contributed by atoms with Crippen LogP contribution in [0.15, 0.2) is 41.9 Å². The molecule has 0 saturated heterocycles. The molecule has 5 nitrogen and oxygen atoms in total. The van der Waals surface area contributed by atoms with Crippen LogP contribution in [0.2, 0.25) is 0 Å². The molecule has 122 valence electrons. The van der Waals surface area contributed by atoms with Crippen LogP contribution in [0.4, 0.5) is 0 Å². The molecule has 0 aliphatic rings. The number of aromatic nitrogens is 5. The summed E-state index contributed by atoms with van der Waals surface area (Å²) in [6.07, 6.45) is 9.31. The van der Waals surface area contributed by atoms with Gasteiger partial charge in [0, 0.05) is 36.4 Å². The van der Waals surface area contributed by atoms with Crippen molar-refractivity contribution in [3.8, 4) is 39.5 Å². The molecule has 0 saturated carbocycles. The number of thiazole rings is 5.